The van der Waals surface area contributed by atoms with Crippen molar-refractivity contribution < 1.29 is 4.79 Å². The molecule has 3 rings (SSSR count). The second-order valence-corrected chi connectivity index (χ2v) is 6.71. The predicted octanol–water partition coefficient (Wildman–Crippen LogP) is 1.79. The van der Waals surface area contributed by atoms with Crippen molar-refractivity contribution in [3.8, 4) is 0 Å². The summed E-state index contributed by atoms with van der Waals surface area (Å²) in [7, 11) is 0. The molecule has 2 saturated heterocycles. The largest absolute Gasteiger partial charge is 0.334 e. The molecule has 2 amide bonds. The number of carbonyl (C=O) groups excluding carboxylic acids is 1. The van der Waals surface area contributed by atoms with Gasteiger partial charge in [-0.2, -0.15) is 5.10 Å². The third-order valence-electron chi connectivity index (χ3n) is 5.17. The maximum absolute atomic E-state index is 12.2. The van der Waals surface area contributed by atoms with Crippen LogP contribution in [0.15, 0.2) is 0 Å². The van der Waals surface area contributed by atoms with Crippen molar-refractivity contribution in [1.29, 1.82) is 0 Å². The Labute approximate surface area is 132 Å². The topological polar surface area (TPSA) is 64.3 Å². The van der Waals surface area contributed by atoms with E-state index in [1.165, 1.54) is 25.8 Å². The van der Waals surface area contributed by atoms with Gasteiger partial charge in [-0.15, -0.1) is 0 Å². The smallest absolute Gasteiger partial charge is 0.317 e. The van der Waals surface area contributed by atoms with E-state index >= 15 is 0 Å². The van der Waals surface area contributed by atoms with Gasteiger partial charge in [0.05, 0.1) is 5.69 Å². The molecule has 2 fully saturated rings. The van der Waals surface area contributed by atoms with Gasteiger partial charge in [-0.1, -0.05) is 6.42 Å². The summed E-state index contributed by atoms with van der Waals surface area (Å²) in [5, 5.41) is 10.1. The van der Waals surface area contributed by atoms with Crippen molar-refractivity contribution >= 4 is 6.03 Å². The third-order valence-corrected chi connectivity index (χ3v) is 5.17. The lowest BCUT2D eigenvalue weighted by Gasteiger charge is -2.49. The summed E-state index contributed by atoms with van der Waals surface area (Å²) < 4.78 is 0. The SMILES string of the molecule is Cc1n[nH]c(C)c1CNC(=O)N1CC(N2CCCCC2C)C1. The predicted molar refractivity (Wildman–Crippen MR) is 85.7 cm³/mol. The molecular formula is C16H27N5O. The van der Waals surface area contributed by atoms with Crippen LogP contribution in [0.2, 0.25) is 0 Å². The van der Waals surface area contributed by atoms with Crippen LogP contribution in [0.5, 0.6) is 0 Å². The van der Waals surface area contributed by atoms with Crippen LogP contribution < -0.4 is 5.32 Å². The van der Waals surface area contributed by atoms with Crippen LogP contribution in [0.3, 0.4) is 0 Å². The van der Waals surface area contributed by atoms with Crippen LogP contribution in [0.4, 0.5) is 4.79 Å². The number of aryl methyl sites for hydroxylation is 2. The van der Waals surface area contributed by atoms with Crippen LogP contribution >= 0.6 is 0 Å². The Kier molecular flexibility index (Phi) is 4.38. The maximum Gasteiger partial charge on any atom is 0.317 e. The molecule has 2 N–H and O–H groups in total. The highest BCUT2D eigenvalue weighted by Crippen LogP contribution is 2.24. The number of amides is 2. The number of nitrogens with one attached hydrogen (secondary N) is 2. The molecule has 122 valence electrons. The fraction of sp³-hybridized carbons (Fsp3) is 0.750. The molecule has 1 aromatic heterocycles. The van der Waals surface area contributed by atoms with Gasteiger partial charge in [-0.3, -0.25) is 10.00 Å². The number of piperidine rings is 1. The van der Waals surface area contributed by atoms with Gasteiger partial charge < -0.3 is 10.2 Å². The van der Waals surface area contributed by atoms with E-state index < -0.39 is 0 Å². The molecule has 0 bridgehead atoms. The van der Waals surface area contributed by atoms with Gasteiger partial charge in [0.1, 0.15) is 0 Å². The lowest BCUT2D eigenvalue weighted by atomic mass is 9.98. The zero-order valence-corrected chi connectivity index (χ0v) is 13.9. The number of rotatable bonds is 3. The first kappa shape index (κ1) is 15.3. The summed E-state index contributed by atoms with van der Waals surface area (Å²) in [4.78, 5) is 16.7. The molecule has 3 heterocycles. The zero-order chi connectivity index (χ0) is 15.7. The zero-order valence-electron chi connectivity index (χ0n) is 13.9. The minimum absolute atomic E-state index is 0.0425. The maximum atomic E-state index is 12.2. The second kappa shape index (κ2) is 6.28. The number of nitrogens with zero attached hydrogens (tertiary/aromatic N) is 3. The van der Waals surface area contributed by atoms with Crippen molar-refractivity contribution in [1.82, 2.24) is 25.3 Å². The third kappa shape index (κ3) is 2.97. The molecule has 22 heavy (non-hydrogen) atoms. The Bertz CT molecular complexity index is 515. The molecule has 0 radical (unpaired) electrons. The minimum Gasteiger partial charge on any atom is -0.334 e. The fourth-order valence-corrected chi connectivity index (χ4v) is 3.60. The van der Waals surface area contributed by atoms with E-state index in [1.807, 2.05) is 18.7 Å². The summed E-state index contributed by atoms with van der Waals surface area (Å²) in [6.45, 7) is 9.72. The van der Waals surface area contributed by atoms with Gasteiger partial charge in [-0.25, -0.2) is 4.79 Å². The molecule has 1 atom stereocenters. The van der Waals surface area contributed by atoms with Gasteiger partial charge in [0, 0.05) is 43.0 Å². The summed E-state index contributed by atoms with van der Waals surface area (Å²) in [6.07, 6.45) is 3.94. The highest BCUT2D eigenvalue weighted by Gasteiger charge is 2.37. The summed E-state index contributed by atoms with van der Waals surface area (Å²) in [5.74, 6) is 0. The molecule has 6 heteroatoms. The molecule has 1 unspecified atom stereocenters. The average molecular weight is 305 g/mol. The van der Waals surface area contributed by atoms with Gasteiger partial charge >= 0.3 is 6.03 Å². The normalized spacial score (nSPS) is 23.4. The van der Waals surface area contributed by atoms with E-state index in [0.29, 0.717) is 18.6 Å². The Balaban J connectivity index is 1.45. The van der Waals surface area contributed by atoms with E-state index in [0.717, 1.165) is 30.0 Å². The number of aromatic nitrogens is 2. The second-order valence-electron chi connectivity index (χ2n) is 6.71. The Hall–Kier alpha value is -1.56. The Morgan fingerprint density at radius 1 is 1.36 bits per heavy atom. The Morgan fingerprint density at radius 3 is 2.77 bits per heavy atom. The molecule has 0 saturated carbocycles. The van der Waals surface area contributed by atoms with Gasteiger partial charge in [0.15, 0.2) is 0 Å². The first-order valence-electron chi connectivity index (χ1n) is 8.35. The molecule has 6 nitrogen and oxygen atoms in total. The molecule has 0 aliphatic carbocycles. The molecule has 0 aromatic carbocycles. The molecule has 1 aromatic rings. The van der Waals surface area contributed by atoms with Crippen LogP contribution in [0.1, 0.15) is 43.1 Å². The van der Waals surface area contributed by atoms with E-state index in [9.17, 15) is 4.79 Å². The highest BCUT2D eigenvalue weighted by atomic mass is 16.2. The standard InChI is InChI=1S/C16H27N5O/c1-11-6-4-5-7-21(11)14-9-20(10-14)16(22)17-8-15-12(2)18-19-13(15)3/h11,14H,4-10H2,1-3H3,(H,17,22)(H,18,19). The molecule has 0 spiro atoms. The number of hydrogen-bond acceptors (Lipinski definition) is 3. The van der Waals surface area contributed by atoms with Crippen LogP contribution in [0, 0.1) is 13.8 Å². The summed E-state index contributed by atoms with van der Waals surface area (Å²) in [6, 6.07) is 1.26. The number of hydrogen-bond donors (Lipinski definition) is 2. The van der Waals surface area contributed by atoms with E-state index in [-0.39, 0.29) is 6.03 Å². The fourth-order valence-electron chi connectivity index (χ4n) is 3.60. The summed E-state index contributed by atoms with van der Waals surface area (Å²) >= 11 is 0. The van der Waals surface area contributed by atoms with Gasteiger partial charge in [0.2, 0.25) is 0 Å². The quantitative estimate of drug-likeness (QED) is 0.895. The van der Waals surface area contributed by atoms with Crippen LogP contribution in [0.25, 0.3) is 0 Å². The van der Waals surface area contributed by atoms with Gasteiger partial charge in [0.25, 0.3) is 0 Å². The number of urea groups is 1. The first-order valence-corrected chi connectivity index (χ1v) is 8.35. The average Bonchev–Trinajstić information content (AvgIpc) is 2.76. The van der Waals surface area contributed by atoms with E-state index in [4.69, 9.17) is 0 Å². The van der Waals surface area contributed by atoms with Crippen molar-refractivity contribution in [2.45, 2.75) is 58.7 Å². The van der Waals surface area contributed by atoms with Crippen molar-refractivity contribution in [3.63, 3.8) is 0 Å². The van der Waals surface area contributed by atoms with E-state index in [1.54, 1.807) is 0 Å². The molecular weight excluding hydrogens is 278 g/mol. The monoisotopic (exact) mass is 305 g/mol. The summed E-state index contributed by atoms with van der Waals surface area (Å²) in [5.41, 5.74) is 3.08. The molecule has 2 aliphatic rings. The minimum atomic E-state index is 0.0425. The van der Waals surface area contributed by atoms with Crippen LogP contribution in [-0.4, -0.2) is 57.7 Å². The molecule has 2 aliphatic heterocycles. The first-order chi connectivity index (χ1) is 10.6. The Morgan fingerprint density at radius 2 is 2.14 bits per heavy atom. The highest BCUT2D eigenvalue weighted by molar-refractivity contribution is 5.75. The van der Waals surface area contributed by atoms with Crippen molar-refractivity contribution in [2.24, 2.45) is 0 Å². The lowest BCUT2D eigenvalue weighted by molar-refractivity contribution is 0.0169. The number of carbonyl (C=O) groups is 1. The van der Waals surface area contributed by atoms with Crippen LogP contribution in [-0.2, 0) is 6.54 Å². The van der Waals surface area contributed by atoms with Crippen molar-refractivity contribution in [3.05, 3.63) is 17.0 Å². The van der Waals surface area contributed by atoms with Crippen molar-refractivity contribution in [2.75, 3.05) is 19.6 Å². The number of likely N-dealkylation sites (tertiary alicyclic amines) is 2. The number of H-pyrrole nitrogens is 1. The van der Waals surface area contributed by atoms with Gasteiger partial charge in [-0.05, 0) is 40.2 Å². The van der Waals surface area contributed by atoms with E-state index in [2.05, 4.69) is 27.3 Å². The number of aromatic amines is 1. The lowest BCUT2D eigenvalue weighted by Crippen LogP contribution is -2.64.